The lowest BCUT2D eigenvalue weighted by Gasteiger charge is -2.13. The molecule has 0 fully saturated rings. The second kappa shape index (κ2) is 9.11. The first kappa shape index (κ1) is 18.1. The van der Waals surface area contributed by atoms with Gasteiger partial charge in [-0.1, -0.05) is 23.9 Å². The van der Waals surface area contributed by atoms with Crippen LogP contribution in [0, 0.1) is 11.3 Å². The van der Waals surface area contributed by atoms with Gasteiger partial charge >= 0.3 is 0 Å². The molecule has 0 aliphatic heterocycles. The van der Waals surface area contributed by atoms with E-state index in [2.05, 4.69) is 11.4 Å². The van der Waals surface area contributed by atoms with Gasteiger partial charge in [-0.25, -0.2) is 0 Å². The molecule has 1 amide bonds. The number of nitriles is 1. The van der Waals surface area contributed by atoms with Gasteiger partial charge in [-0.05, 0) is 56.2 Å². The Morgan fingerprint density at radius 1 is 1.25 bits per heavy atom. The Morgan fingerprint density at radius 2 is 1.96 bits per heavy atom. The van der Waals surface area contributed by atoms with Crippen LogP contribution >= 0.6 is 11.8 Å². The van der Waals surface area contributed by atoms with E-state index in [0.717, 1.165) is 16.2 Å². The van der Waals surface area contributed by atoms with Crippen LogP contribution in [0.5, 0.6) is 0 Å². The maximum absolute atomic E-state index is 12.2. The molecule has 0 radical (unpaired) electrons. The van der Waals surface area contributed by atoms with Crippen LogP contribution in [0.3, 0.4) is 0 Å². The molecule has 1 unspecified atom stereocenters. The van der Waals surface area contributed by atoms with E-state index >= 15 is 0 Å². The Hall–Kier alpha value is -2.29. The largest absolute Gasteiger partial charge is 0.396 e. The minimum Gasteiger partial charge on any atom is -0.396 e. The van der Waals surface area contributed by atoms with Crippen LogP contribution in [0.4, 0.5) is 0 Å². The highest BCUT2D eigenvalue weighted by molar-refractivity contribution is 7.99. The van der Waals surface area contributed by atoms with E-state index in [1.165, 1.54) is 11.8 Å². The van der Waals surface area contributed by atoms with E-state index in [9.17, 15) is 4.79 Å². The molecule has 5 heteroatoms. The average molecular weight is 340 g/mol. The zero-order chi connectivity index (χ0) is 17.4. The lowest BCUT2D eigenvalue weighted by molar-refractivity contribution is 0.0936. The molecule has 0 aliphatic rings. The first-order valence-electron chi connectivity index (χ1n) is 7.83. The van der Waals surface area contributed by atoms with Gasteiger partial charge in [0, 0.05) is 28.0 Å². The predicted molar refractivity (Wildman–Crippen MR) is 95.0 cm³/mol. The Morgan fingerprint density at radius 3 is 2.62 bits per heavy atom. The number of carbonyl (C=O) groups excluding carboxylic acids is 1. The number of rotatable bonds is 7. The summed E-state index contributed by atoms with van der Waals surface area (Å²) in [5.41, 5.74) is 1.24. The highest BCUT2D eigenvalue weighted by Crippen LogP contribution is 2.30. The van der Waals surface area contributed by atoms with Gasteiger partial charge in [0.1, 0.15) is 6.07 Å². The van der Waals surface area contributed by atoms with Gasteiger partial charge in [-0.2, -0.15) is 5.26 Å². The van der Waals surface area contributed by atoms with Crippen LogP contribution in [-0.2, 0) is 0 Å². The molecule has 0 heterocycles. The number of aliphatic hydroxyl groups excluding tert-OH is 1. The van der Waals surface area contributed by atoms with E-state index in [0.29, 0.717) is 17.5 Å². The Bertz CT molecular complexity index is 723. The summed E-state index contributed by atoms with van der Waals surface area (Å²) >= 11 is 1.50. The van der Waals surface area contributed by atoms with Crippen molar-refractivity contribution in [1.29, 1.82) is 5.26 Å². The van der Waals surface area contributed by atoms with E-state index < -0.39 is 0 Å². The first-order chi connectivity index (χ1) is 11.6. The zero-order valence-electron chi connectivity index (χ0n) is 13.5. The van der Waals surface area contributed by atoms with Crippen molar-refractivity contribution in [2.75, 3.05) is 6.61 Å². The Balaban J connectivity index is 2.00. The van der Waals surface area contributed by atoms with Gasteiger partial charge in [0.15, 0.2) is 0 Å². The minimum absolute atomic E-state index is 0.0289. The number of nitrogens with zero attached hydrogens (tertiary/aromatic N) is 1. The minimum atomic E-state index is -0.116. The van der Waals surface area contributed by atoms with E-state index in [1.807, 2.05) is 37.3 Å². The lowest BCUT2D eigenvalue weighted by Crippen LogP contribution is -2.32. The van der Waals surface area contributed by atoms with Crippen molar-refractivity contribution in [2.45, 2.75) is 35.6 Å². The van der Waals surface area contributed by atoms with Crippen molar-refractivity contribution in [3.8, 4) is 6.07 Å². The molecule has 0 aliphatic carbocycles. The maximum Gasteiger partial charge on any atom is 0.251 e. The van der Waals surface area contributed by atoms with Crippen LogP contribution in [0.2, 0.25) is 0 Å². The number of hydrogen-bond acceptors (Lipinski definition) is 4. The maximum atomic E-state index is 12.2. The molecule has 2 rings (SSSR count). The van der Waals surface area contributed by atoms with Gasteiger partial charge in [-0.15, -0.1) is 0 Å². The molecule has 124 valence electrons. The summed E-state index contributed by atoms with van der Waals surface area (Å²) in [6.45, 7) is 2.06. The second-order valence-electron chi connectivity index (χ2n) is 5.47. The molecule has 24 heavy (non-hydrogen) atoms. The van der Waals surface area contributed by atoms with Crippen molar-refractivity contribution < 1.29 is 9.90 Å². The summed E-state index contributed by atoms with van der Waals surface area (Å²) in [6, 6.07) is 17.0. The fourth-order valence-corrected chi connectivity index (χ4v) is 3.12. The molecule has 0 saturated carbocycles. The Kier molecular flexibility index (Phi) is 6.86. The van der Waals surface area contributed by atoms with Crippen LogP contribution in [0.1, 0.15) is 35.7 Å². The van der Waals surface area contributed by atoms with Gasteiger partial charge in [0.05, 0.1) is 5.56 Å². The quantitative estimate of drug-likeness (QED) is 0.808. The standard InChI is InChI=1S/C19H20N2O2S/c1-14(5-4-12-22)21-19(23)15-8-10-17(11-9-15)24-18-7-3-2-6-16(18)13-20/h2-3,6-11,14,22H,4-5,12H2,1H3,(H,21,23). The van der Waals surface area contributed by atoms with Gasteiger partial charge < -0.3 is 10.4 Å². The summed E-state index contributed by atoms with van der Waals surface area (Å²) in [6.07, 6.45) is 1.43. The number of hydrogen-bond donors (Lipinski definition) is 2. The molecule has 4 nitrogen and oxygen atoms in total. The SMILES string of the molecule is CC(CCCO)NC(=O)c1ccc(Sc2ccccc2C#N)cc1. The molecule has 2 N–H and O–H groups in total. The number of aliphatic hydroxyl groups is 1. The third kappa shape index (κ3) is 5.12. The average Bonchev–Trinajstić information content (AvgIpc) is 2.61. The van der Waals surface area contributed by atoms with Gasteiger partial charge in [0.25, 0.3) is 5.91 Å². The first-order valence-corrected chi connectivity index (χ1v) is 8.64. The third-order valence-electron chi connectivity index (χ3n) is 3.52. The van der Waals surface area contributed by atoms with Crippen LogP contribution in [0.15, 0.2) is 58.3 Å². The number of benzene rings is 2. The van der Waals surface area contributed by atoms with E-state index in [-0.39, 0.29) is 18.6 Å². The highest BCUT2D eigenvalue weighted by Gasteiger charge is 2.10. The second-order valence-corrected chi connectivity index (χ2v) is 6.59. The summed E-state index contributed by atoms with van der Waals surface area (Å²) in [4.78, 5) is 14.0. The molecule has 2 aromatic rings. The van der Waals surface area contributed by atoms with Crippen molar-refractivity contribution in [3.05, 3.63) is 59.7 Å². The van der Waals surface area contributed by atoms with Crippen molar-refractivity contribution in [3.63, 3.8) is 0 Å². The lowest BCUT2D eigenvalue weighted by atomic mass is 10.1. The predicted octanol–water partition coefficient (Wildman–Crippen LogP) is 3.60. The van der Waals surface area contributed by atoms with Crippen LogP contribution in [0.25, 0.3) is 0 Å². The summed E-state index contributed by atoms with van der Waals surface area (Å²) in [5, 5.41) is 20.9. The molecule has 0 aromatic heterocycles. The van der Waals surface area contributed by atoms with Crippen molar-refractivity contribution in [1.82, 2.24) is 5.32 Å². The van der Waals surface area contributed by atoms with E-state index in [4.69, 9.17) is 10.4 Å². The molecule has 0 spiro atoms. The number of nitrogens with one attached hydrogen (secondary N) is 1. The summed E-state index contributed by atoms with van der Waals surface area (Å²) in [5.74, 6) is -0.116. The van der Waals surface area contributed by atoms with Crippen LogP contribution < -0.4 is 5.32 Å². The highest BCUT2D eigenvalue weighted by atomic mass is 32.2. The molecule has 0 saturated heterocycles. The molecular formula is C19H20N2O2S. The topological polar surface area (TPSA) is 73.1 Å². The third-order valence-corrected chi connectivity index (χ3v) is 4.61. The molecule has 1 atom stereocenters. The van der Waals surface area contributed by atoms with E-state index in [1.54, 1.807) is 18.2 Å². The zero-order valence-corrected chi connectivity index (χ0v) is 14.3. The number of carbonyl (C=O) groups is 1. The summed E-state index contributed by atoms with van der Waals surface area (Å²) in [7, 11) is 0. The van der Waals surface area contributed by atoms with Crippen molar-refractivity contribution in [2.24, 2.45) is 0 Å². The monoisotopic (exact) mass is 340 g/mol. The molecular weight excluding hydrogens is 320 g/mol. The fraction of sp³-hybridized carbons (Fsp3) is 0.263. The van der Waals surface area contributed by atoms with Gasteiger partial charge in [0.2, 0.25) is 0 Å². The normalized spacial score (nSPS) is 11.5. The number of amides is 1. The van der Waals surface area contributed by atoms with Crippen molar-refractivity contribution >= 4 is 17.7 Å². The molecule has 2 aromatic carbocycles. The fourth-order valence-electron chi connectivity index (χ4n) is 2.23. The van der Waals surface area contributed by atoms with Gasteiger partial charge in [-0.3, -0.25) is 4.79 Å². The smallest absolute Gasteiger partial charge is 0.251 e. The van der Waals surface area contributed by atoms with Crippen LogP contribution in [-0.4, -0.2) is 23.7 Å². The summed E-state index contributed by atoms with van der Waals surface area (Å²) < 4.78 is 0. The Labute approximate surface area is 146 Å². The molecule has 0 bridgehead atoms.